The summed E-state index contributed by atoms with van der Waals surface area (Å²) in [5.74, 6) is 0.536. The first kappa shape index (κ1) is 14.7. The Bertz CT molecular complexity index is 456. The molecule has 1 aromatic rings. The summed E-state index contributed by atoms with van der Waals surface area (Å²) in [5.41, 5.74) is 0.0520. The molecule has 1 aliphatic heterocycles. The van der Waals surface area contributed by atoms with Crippen LogP contribution in [0.2, 0.25) is 0 Å². The molecule has 1 aliphatic rings. The number of non-ortho nitro benzene ring substituents is 1. The van der Waals surface area contributed by atoms with Crippen molar-refractivity contribution in [3.63, 3.8) is 0 Å². The van der Waals surface area contributed by atoms with Gasteiger partial charge in [-0.05, 0) is 19.9 Å². The van der Waals surface area contributed by atoms with Crippen LogP contribution in [0.4, 0.5) is 5.69 Å². The molecule has 1 saturated heterocycles. The quantitative estimate of drug-likeness (QED) is 0.610. The smallest absolute Gasteiger partial charge is 0.273 e. The minimum Gasteiger partial charge on any atom is -0.492 e. The Morgan fingerprint density at radius 2 is 2.10 bits per heavy atom. The zero-order valence-electron chi connectivity index (χ0n) is 11.8. The third-order valence-electron chi connectivity index (χ3n) is 3.20. The minimum atomic E-state index is -0.418. The van der Waals surface area contributed by atoms with Gasteiger partial charge in [0.05, 0.1) is 23.2 Å². The molecule has 2 rings (SSSR count). The molecular weight excluding hydrogens is 260 g/mol. The lowest BCUT2D eigenvalue weighted by Crippen LogP contribution is -2.46. The molecule has 1 fully saturated rings. The summed E-state index contributed by atoms with van der Waals surface area (Å²) >= 11 is 0. The fraction of sp³-hybridized carbons (Fsp3) is 0.571. The maximum atomic E-state index is 10.7. The molecule has 2 atom stereocenters. The molecule has 0 amide bonds. The predicted molar refractivity (Wildman–Crippen MR) is 75.0 cm³/mol. The number of nitro groups is 1. The molecule has 0 aromatic heterocycles. The second-order valence-electron chi connectivity index (χ2n) is 5.12. The largest absolute Gasteiger partial charge is 0.492 e. The average molecular weight is 280 g/mol. The van der Waals surface area contributed by atoms with Crippen LogP contribution in [0.25, 0.3) is 0 Å². The fourth-order valence-corrected chi connectivity index (χ4v) is 2.45. The van der Waals surface area contributed by atoms with E-state index in [-0.39, 0.29) is 17.9 Å². The van der Waals surface area contributed by atoms with Crippen molar-refractivity contribution in [2.24, 2.45) is 0 Å². The Morgan fingerprint density at radius 3 is 2.75 bits per heavy atom. The van der Waals surface area contributed by atoms with E-state index in [9.17, 15) is 10.1 Å². The van der Waals surface area contributed by atoms with Crippen molar-refractivity contribution in [1.82, 2.24) is 4.90 Å². The molecule has 0 unspecified atom stereocenters. The summed E-state index contributed by atoms with van der Waals surface area (Å²) in [6, 6.07) is 6.27. The zero-order valence-corrected chi connectivity index (χ0v) is 11.8. The van der Waals surface area contributed by atoms with Gasteiger partial charge in [0.15, 0.2) is 0 Å². The van der Waals surface area contributed by atoms with Gasteiger partial charge in [-0.3, -0.25) is 15.0 Å². The summed E-state index contributed by atoms with van der Waals surface area (Å²) in [4.78, 5) is 12.5. The lowest BCUT2D eigenvalue weighted by Gasteiger charge is -2.35. The van der Waals surface area contributed by atoms with Crippen LogP contribution in [-0.2, 0) is 4.74 Å². The second-order valence-corrected chi connectivity index (χ2v) is 5.12. The highest BCUT2D eigenvalue weighted by Crippen LogP contribution is 2.19. The molecule has 0 spiro atoms. The SMILES string of the molecule is C[C@@H]1CN(CCOc2cccc([N+](=O)[O-])c2)C[C@@H](C)O1. The van der Waals surface area contributed by atoms with Gasteiger partial charge in [0.2, 0.25) is 0 Å². The molecular formula is C14H20N2O4. The van der Waals surface area contributed by atoms with Crippen molar-refractivity contribution < 1.29 is 14.4 Å². The summed E-state index contributed by atoms with van der Waals surface area (Å²) in [7, 11) is 0. The first-order chi connectivity index (χ1) is 9.54. The molecule has 6 nitrogen and oxygen atoms in total. The highest BCUT2D eigenvalue weighted by atomic mass is 16.6. The van der Waals surface area contributed by atoms with Crippen LogP contribution in [-0.4, -0.2) is 48.3 Å². The van der Waals surface area contributed by atoms with E-state index >= 15 is 0 Å². The summed E-state index contributed by atoms with van der Waals surface area (Å²) < 4.78 is 11.2. The van der Waals surface area contributed by atoms with Crippen molar-refractivity contribution in [2.75, 3.05) is 26.2 Å². The number of benzene rings is 1. The molecule has 0 aliphatic carbocycles. The van der Waals surface area contributed by atoms with E-state index in [1.54, 1.807) is 12.1 Å². The van der Waals surface area contributed by atoms with Crippen LogP contribution >= 0.6 is 0 Å². The monoisotopic (exact) mass is 280 g/mol. The standard InChI is InChI=1S/C14H20N2O4/c1-11-9-15(10-12(2)20-11)6-7-19-14-5-3-4-13(8-14)16(17)18/h3-5,8,11-12H,6-7,9-10H2,1-2H3/t11-,12-/m1/s1. The van der Waals surface area contributed by atoms with Crippen molar-refractivity contribution in [2.45, 2.75) is 26.1 Å². The van der Waals surface area contributed by atoms with Gasteiger partial charge >= 0.3 is 0 Å². The maximum absolute atomic E-state index is 10.7. The van der Waals surface area contributed by atoms with E-state index in [1.807, 2.05) is 0 Å². The topological polar surface area (TPSA) is 64.8 Å². The number of morpholine rings is 1. The Labute approximate surface area is 118 Å². The normalized spacial score (nSPS) is 23.5. The van der Waals surface area contributed by atoms with Gasteiger partial charge in [0.25, 0.3) is 5.69 Å². The zero-order chi connectivity index (χ0) is 14.5. The molecule has 20 heavy (non-hydrogen) atoms. The van der Waals surface area contributed by atoms with Gasteiger partial charge < -0.3 is 9.47 Å². The minimum absolute atomic E-state index is 0.0520. The van der Waals surface area contributed by atoms with E-state index in [1.165, 1.54) is 12.1 Å². The fourth-order valence-electron chi connectivity index (χ4n) is 2.45. The molecule has 110 valence electrons. The molecule has 1 heterocycles. The van der Waals surface area contributed by atoms with E-state index in [4.69, 9.17) is 9.47 Å². The number of nitro benzene ring substituents is 1. The lowest BCUT2D eigenvalue weighted by molar-refractivity contribution is -0.384. The molecule has 6 heteroatoms. The van der Waals surface area contributed by atoms with Crippen LogP contribution in [0.15, 0.2) is 24.3 Å². The van der Waals surface area contributed by atoms with Crippen LogP contribution in [0.1, 0.15) is 13.8 Å². The molecule has 0 radical (unpaired) electrons. The first-order valence-electron chi connectivity index (χ1n) is 6.79. The maximum Gasteiger partial charge on any atom is 0.273 e. The van der Waals surface area contributed by atoms with Gasteiger partial charge in [-0.2, -0.15) is 0 Å². The molecule has 1 aromatic carbocycles. The number of hydrogen-bond donors (Lipinski definition) is 0. The van der Waals surface area contributed by atoms with Gasteiger partial charge in [-0.1, -0.05) is 6.07 Å². The Kier molecular flexibility index (Phi) is 4.92. The van der Waals surface area contributed by atoms with Crippen LogP contribution in [0.3, 0.4) is 0 Å². The summed E-state index contributed by atoms with van der Waals surface area (Å²) in [5, 5.41) is 10.7. The van der Waals surface area contributed by atoms with E-state index in [0.29, 0.717) is 12.4 Å². The van der Waals surface area contributed by atoms with Gasteiger partial charge in [0.1, 0.15) is 12.4 Å². The lowest BCUT2D eigenvalue weighted by atomic mass is 10.2. The third-order valence-corrected chi connectivity index (χ3v) is 3.20. The number of hydrogen-bond acceptors (Lipinski definition) is 5. The van der Waals surface area contributed by atoms with Crippen LogP contribution in [0, 0.1) is 10.1 Å². The first-order valence-corrected chi connectivity index (χ1v) is 6.79. The Balaban J connectivity index is 1.81. The van der Waals surface area contributed by atoms with Crippen LogP contribution in [0.5, 0.6) is 5.75 Å². The molecule has 0 saturated carbocycles. The Hall–Kier alpha value is -1.66. The van der Waals surface area contributed by atoms with E-state index < -0.39 is 4.92 Å². The van der Waals surface area contributed by atoms with Crippen LogP contribution < -0.4 is 4.74 Å². The van der Waals surface area contributed by atoms with Crippen molar-refractivity contribution in [3.8, 4) is 5.75 Å². The summed E-state index contributed by atoms with van der Waals surface area (Å²) in [6.07, 6.45) is 0.466. The number of nitrogens with zero attached hydrogens (tertiary/aromatic N) is 2. The highest BCUT2D eigenvalue weighted by molar-refractivity contribution is 5.37. The Morgan fingerprint density at radius 1 is 1.40 bits per heavy atom. The molecule has 0 N–H and O–H groups in total. The summed E-state index contributed by atoms with van der Waals surface area (Å²) in [6.45, 7) is 7.21. The highest BCUT2D eigenvalue weighted by Gasteiger charge is 2.21. The molecule has 0 bridgehead atoms. The van der Waals surface area contributed by atoms with Crippen molar-refractivity contribution >= 4 is 5.69 Å². The predicted octanol–water partition coefficient (Wildman–Crippen LogP) is 2.08. The van der Waals surface area contributed by atoms with E-state index in [0.717, 1.165) is 19.6 Å². The van der Waals surface area contributed by atoms with Gasteiger partial charge in [-0.15, -0.1) is 0 Å². The second kappa shape index (κ2) is 6.67. The number of rotatable bonds is 5. The average Bonchev–Trinajstić information content (AvgIpc) is 2.38. The number of ether oxygens (including phenoxy) is 2. The van der Waals surface area contributed by atoms with Gasteiger partial charge in [0, 0.05) is 25.7 Å². The van der Waals surface area contributed by atoms with Crippen molar-refractivity contribution in [1.29, 1.82) is 0 Å². The van der Waals surface area contributed by atoms with Gasteiger partial charge in [-0.25, -0.2) is 0 Å². The van der Waals surface area contributed by atoms with Crippen molar-refractivity contribution in [3.05, 3.63) is 34.4 Å². The third kappa shape index (κ3) is 4.18. The van der Waals surface area contributed by atoms with E-state index in [2.05, 4.69) is 18.7 Å².